The Morgan fingerprint density at radius 3 is 2.50 bits per heavy atom. The zero-order valence-electron chi connectivity index (χ0n) is 15.5. The first-order valence-corrected chi connectivity index (χ1v) is 9.85. The molecular formula is C22H30F2O2. The van der Waals surface area contributed by atoms with Crippen LogP contribution in [-0.2, 0) is 9.53 Å². The van der Waals surface area contributed by atoms with Crippen molar-refractivity contribution >= 4 is 5.97 Å². The number of hydrogen-bond acceptors (Lipinski definition) is 2. The Kier molecular flexibility index (Phi) is 8.79. The highest BCUT2D eigenvalue weighted by atomic mass is 19.2. The van der Waals surface area contributed by atoms with Gasteiger partial charge in [0.15, 0.2) is 11.6 Å². The summed E-state index contributed by atoms with van der Waals surface area (Å²) in [6.45, 7) is 3.84. The van der Waals surface area contributed by atoms with Crippen molar-refractivity contribution in [2.24, 2.45) is 5.92 Å². The van der Waals surface area contributed by atoms with Gasteiger partial charge in [-0.25, -0.2) is 13.6 Å². The van der Waals surface area contributed by atoms with Crippen LogP contribution in [-0.4, -0.2) is 12.6 Å². The Morgan fingerprint density at radius 2 is 1.77 bits per heavy atom. The maximum Gasteiger partial charge on any atom is 0.330 e. The van der Waals surface area contributed by atoms with Gasteiger partial charge in [0.05, 0.1) is 6.61 Å². The summed E-state index contributed by atoms with van der Waals surface area (Å²) in [7, 11) is 0. The Hall–Kier alpha value is -1.71. The van der Waals surface area contributed by atoms with Crippen LogP contribution < -0.4 is 0 Å². The monoisotopic (exact) mass is 364 g/mol. The van der Waals surface area contributed by atoms with Crippen LogP contribution in [0.4, 0.5) is 8.78 Å². The molecule has 1 saturated carbocycles. The third kappa shape index (κ3) is 6.54. The Labute approximate surface area is 155 Å². The van der Waals surface area contributed by atoms with Gasteiger partial charge in [0.1, 0.15) is 0 Å². The fourth-order valence-electron chi connectivity index (χ4n) is 3.89. The van der Waals surface area contributed by atoms with Gasteiger partial charge in [-0.05, 0) is 55.6 Å². The number of benzene rings is 1. The lowest BCUT2D eigenvalue weighted by atomic mass is 9.77. The van der Waals surface area contributed by atoms with E-state index in [2.05, 4.69) is 6.58 Å². The average Bonchev–Trinajstić information content (AvgIpc) is 2.66. The predicted octanol–water partition coefficient (Wildman–Crippen LogP) is 6.31. The maximum atomic E-state index is 13.9. The number of carbonyl (C=O) groups excluding carboxylic acids is 1. The van der Waals surface area contributed by atoms with E-state index in [-0.39, 0.29) is 11.9 Å². The van der Waals surface area contributed by atoms with Crippen LogP contribution in [0.25, 0.3) is 0 Å². The minimum Gasteiger partial charge on any atom is -0.463 e. The lowest BCUT2D eigenvalue weighted by Gasteiger charge is -2.29. The van der Waals surface area contributed by atoms with Gasteiger partial charge in [-0.1, -0.05) is 50.8 Å². The van der Waals surface area contributed by atoms with Gasteiger partial charge in [0.2, 0.25) is 0 Å². The van der Waals surface area contributed by atoms with E-state index in [9.17, 15) is 13.6 Å². The van der Waals surface area contributed by atoms with Crippen LogP contribution in [0.2, 0.25) is 0 Å². The van der Waals surface area contributed by atoms with Crippen LogP contribution in [0.1, 0.15) is 75.7 Å². The summed E-state index contributed by atoms with van der Waals surface area (Å²) in [5.41, 5.74) is 0.556. The van der Waals surface area contributed by atoms with Gasteiger partial charge in [0.25, 0.3) is 0 Å². The normalized spacial score (nSPS) is 19.9. The molecule has 0 saturated heterocycles. The molecule has 144 valence electrons. The van der Waals surface area contributed by atoms with Crippen molar-refractivity contribution in [3.05, 3.63) is 48.1 Å². The summed E-state index contributed by atoms with van der Waals surface area (Å²) >= 11 is 0. The molecule has 0 bridgehead atoms. The minimum absolute atomic E-state index is 0.167. The average molecular weight is 364 g/mol. The Morgan fingerprint density at radius 1 is 1.08 bits per heavy atom. The van der Waals surface area contributed by atoms with Gasteiger partial charge in [-0.15, -0.1) is 0 Å². The maximum absolute atomic E-state index is 13.9. The smallest absolute Gasteiger partial charge is 0.330 e. The summed E-state index contributed by atoms with van der Waals surface area (Å²) in [6, 6.07) is 4.53. The third-order valence-corrected chi connectivity index (χ3v) is 5.44. The number of esters is 1. The van der Waals surface area contributed by atoms with Crippen LogP contribution >= 0.6 is 0 Å². The van der Waals surface area contributed by atoms with Crippen LogP contribution in [0, 0.1) is 17.6 Å². The van der Waals surface area contributed by atoms with E-state index in [0.717, 1.165) is 50.9 Å². The molecule has 0 spiro atoms. The number of ether oxygens (including phenoxy) is 1. The molecular weight excluding hydrogens is 334 g/mol. The number of rotatable bonds is 10. The van der Waals surface area contributed by atoms with E-state index >= 15 is 0 Å². The SMILES string of the molecule is C=CC(=O)OCCCCCCC[C@H]1CC[C@H](c2cccc(F)c2F)CC1. The van der Waals surface area contributed by atoms with Crippen molar-refractivity contribution in [3.8, 4) is 0 Å². The van der Waals surface area contributed by atoms with Gasteiger partial charge in [-0.2, -0.15) is 0 Å². The fraction of sp³-hybridized carbons (Fsp3) is 0.591. The van der Waals surface area contributed by atoms with Crippen LogP contribution in [0.15, 0.2) is 30.9 Å². The summed E-state index contributed by atoms with van der Waals surface area (Å²) in [5.74, 6) is -0.853. The van der Waals surface area contributed by atoms with Gasteiger partial charge < -0.3 is 4.74 Å². The lowest BCUT2D eigenvalue weighted by Crippen LogP contribution is -2.14. The lowest BCUT2D eigenvalue weighted by molar-refractivity contribution is -0.137. The summed E-state index contributed by atoms with van der Waals surface area (Å²) in [6.07, 6.45) is 12.1. The van der Waals surface area contributed by atoms with Crippen molar-refractivity contribution in [3.63, 3.8) is 0 Å². The molecule has 0 aromatic heterocycles. The second kappa shape index (κ2) is 11.1. The minimum atomic E-state index is -0.733. The summed E-state index contributed by atoms with van der Waals surface area (Å²) < 4.78 is 32.2. The largest absolute Gasteiger partial charge is 0.463 e. The van der Waals surface area contributed by atoms with E-state index < -0.39 is 11.6 Å². The number of unbranched alkanes of at least 4 members (excludes halogenated alkanes) is 4. The van der Waals surface area contributed by atoms with E-state index in [1.54, 1.807) is 12.1 Å². The molecule has 4 heteroatoms. The molecule has 1 aromatic carbocycles. The van der Waals surface area contributed by atoms with Crippen molar-refractivity contribution in [1.82, 2.24) is 0 Å². The molecule has 0 atom stereocenters. The van der Waals surface area contributed by atoms with E-state index in [1.807, 2.05) is 0 Å². The van der Waals surface area contributed by atoms with Crippen molar-refractivity contribution in [2.45, 2.75) is 70.1 Å². The third-order valence-electron chi connectivity index (χ3n) is 5.44. The topological polar surface area (TPSA) is 26.3 Å². The first-order chi connectivity index (χ1) is 12.6. The van der Waals surface area contributed by atoms with Crippen molar-refractivity contribution < 1.29 is 18.3 Å². The van der Waals surface area contributed by atoms with Crippen LogP contribution in [0.3, 0.4) is 0 Å². The van der Waals surface area contributed by atoms with Gasteiger partial charge >= 0.3 is 5.97 Å². The van der Waals surface area contributed by atoms with Gasteiger partial charge in [-0.3, -0.25) is 0 Å². The second-order valence-electron chi connectivity index (χ2n) is 7.29. The fourth-order valence-corrected chi connectivity index (χ4v) is 3.89. The summed E-state index contributed by atoms with van der Waals surface area (Å²) in [4.78, 5) is 10.9. The molecule has 1 aliphatic rings. The molecule has 1 fully saturated rings. The zero-order chi connectivity index (χ0) is 18.8. The highest BCUT2D eigenvalue weighted by molar-refractivity contribution is 5.81. The van der Waals surface area contributed by atoms with E-state index in [0.29, 0.717) is 12.2 Å². The molecule has 0 N–H and O–H groups in total. The molecule has 0 radical (unpaired) electrons. The molecule has 26 heavy (non-hydrogen) atoms. The summed E-state index contributed by atoms with van der Waals surface area (Å²) in [5, 5.41) is 0. The standard InChI is InChI=1S/C22H30F2O2/c1-2-21(25)26-16-7-5-3-4-6-9-17-12-14-18(15-13-17)19-10-8-11-20(23)22(19)24/h2,8,10-11,17-18H,1,3-7,9,12-16H2/t17-,18-. The quantitative estimate of drug-likeness (QED) is 0.276. The Bertz CT molecular complexity index is 578. The molecule has 0 amide bonds. The first-order valence-electron chi connectivity index (χ1n) is 9.85. The van der Waals surface area contributed by atoms with E-state index in [1.165, 1.54) is 31.4 Å². The molecule has 0 unspecified atom stereocenters. The molecule has 1 aromatic rings. The zero-order valence-corrected chi connectivity index (χ0v) is 15.5. The van der Waals surface area contributed by atoms with Gasteiger partial charge in [0, 0.05) is 6.08 Å². The van der Waals surface area contributed by atoms with Crippen LogP contribution in [0.5, 0.6) is 0 Å². The molecule has 2 rings (SSSR count). The molecule has 2 nitrogen and oxygen atoms in total. The van der Waals surface area contributed by atoms with E-state index in [4.69, 9.17) is 4.74 Å². The van der Waals surface area contributed by atoms with Crippen molar-refractivity contribution in [1.29, 1.82) is 0 Å². The first kappa shape index (κ1) is 20.6. The number of halogens is 2. The number of hydrogen-bond donors (Lipinski definition) is 0. The number of carbonyl (C=O) groups is 1. The highest BCUT2D eigenvalue weighted by Crippen LogP contribution is 2.38. The Balaban J connectivity index is 1.55. The highest BCUT2D eigenvalue weighted by Gasteiger charge is 2.24. The molecule has 0 heterocycles. The predicted molar refractivity (Wildman–Crippen MR) is 99.9 cm³/mol. The molecule has 1 aliphatic carbocycles. The molecule has 0 aliphatic heterocycles. The van der Waals surface area contributed by atoms with Crippen molar-refractivity contribution in [2.75, 3.05) is 6.61 Å². The second-order valence-corrected chi connectivity index (χ2v) is 7.29.